The fourth-order valence-corrected chi connectivity index (χ4v) is 2.14. The Morgan fingerprint density at radius 3 is 2.75 bits per heavy atom. The van der Waals surface area contributed by atoms with E-state index in [2.05, 4.69) is 11.8 Å². The van der Waals surface area contributed by atoms with Crippen molar-refractivity contribution in [3.63, 3.8) is 0 Å². The number of carbonyl (C=O) groups is 1. The first-order chi connectivity index (χ1) is 7.70. The van der Waals surface area contributed by atoms with Crippen molar-refractivity contribution in [3.8, 4) is 0 Å². The number of carboxylic acids is 1. The molecule has 1 rings (SSSR count). The van der Waals surface area contributed by atoms with E-state index in [1.165, 1.54) is 0 Å². The van der Waals surface area contributed by atoms with E-state index in [0.717, 1.165) is 19.5 Å². The molecule has 0 aromatic heterocycles. The summed E-state index contributed by atoms with van der Waals surface area (Å²) in [7, 11) is 0. The fraction of sp³-hybridized carbons (Fsp3) is 0.909. The van der Waals surface area contributed by atoms with Crippen LogP contribution in [0.5, 0.6) is 0 Å². The van der Waals surface area contributed by atoms with E-state index >= 15 is 0 Å². The van der Waals surface area contributed by atoms with Crippen molar-refractivity contribution in [2.75, 3.05) is 32.9 Å². The molecule has 0 saturated carbocycles. The van der Waals surface area contributed by atoms with Crippen molar-refractivity contribution in [1.29, 1.82) is 0 Å². The molecule has 5 heteroatoms. The van der Waals surface area contributed by atoms with Crippen molar-refractivity contribution in [3.05, 3.63) is 0 Å². The molecule has 1 saturated heterocycles. The van der Waals surface area contributed by atoms with Crippen molar-refractivity contribution >= 4 is 5.97 Å². The van der Waals surface area contributed by atoms with Crippen LogP contribution in [0.15, 0.2) is 0 Å². The Kier molecular flexibility index (Phi) is 5.73. The highest BCUT2D eigenvalue weighted by Crippen LogP contribution is 2.20. The lowest BCUT2D eigenvalue weighted by molar-refractivity contribution is -0.143. The maximum absolute atomic E-state index is 11.0. The highest BCUT2D eigenvalue weighted by Gasteiger charge is 2.37. The second-order valence-corrected chi connectivity index (χ2v) is 4.16. The Labute approximate surface area is 96.0 Å². The first kappa shape index (κ1) is 13.4. The summed E-state index contributed by atoms with van der Waals surface area (Å²) in [6, 6.07) is -0.0380. The van der Waals surface area contributed by atoms with Crippen molar-refractivity contribution in [2.45, 2.75) is 25.8 Å². The van der Waals surface area contributed by atoms with Crippen LogP contribution in [0.25, 0.3) is 0 Å². The lowest BCUT2D eigenvalue weighted by Crippen LogP contribution is -2.44. The van der Waals surface area contributed by atoms with E-state index in [1.54, 1.807) is 0 Å². The van der Waals surface area contributed by atoms with Gasteiger partial charge in [-0.25, -0.2) is 0 Å². The molecule has 0 spiro atoms. The van der Waals surface area contributed by atoms with E-state index in [0.29, 0.717) is 19.6 Å². The summed E-state index contributed by atoms with van der Waals surface area (Å²) in [5, 5.41) is 17.9. The Balaban J connectivity index is 2.57. The molecule has 0 radical (unpaired) electrons. The maximum Gasteiger partial charge on any atom is 0.310 e. The molecule has 5 nitrogen and oxygen atoms in total. The number of nitrogens with zero attached hydrogens (tertiary/aromatic N) is 1. The zero-order chi connectivity index (χ0) is 12.0. The standard InChI is InChI=1S/C11H21NO4/c1-2-4-12(5-3-6-13)10-8-16-7-9(10)11(14)15/h9-10,13H,2-8H2,1H3,(H,14,15). The van der Waals surface area contributed by atoms with Crippen LogP contribution < -0.4 is 0 Å². The zero-order valence-electron chi connectivity index (χ0n) is 9.76. The monoisotopic (exact) mass is 231 g/mol. The quantitative estimate of drug-likeness (QED) is 0.654. The summed E-state index contributed by atoms with van der Waals surface area (Å²) in [5.74, 6) is -1.21. The van der Waals surface area contributed by atoms with Gasteiger partial charge in [-0.15, -0.1) is 0 Å². The molecular weight excluding hydrogens is 210 g/mol. The molecule has 0 aromatic carbocycles. The summed E-state index contributed by atoms with van der Waals surface area (Å²) in [5.41, 5.74) is 0. The van der Waals surface area contributed by atoms with Crippen LogP contribution in [0.2, 0.25) is 0 Å². The van der Waals surface area contributed by atoms with E-state index < -0.39 is 11.9 Å². The number of carboxylic acid groups (broad SMARTS) is 1. The minimum Gasteiger partial charge on any atom is -0.481 e. The molecule has 2 unspecified atom stereocenters. The number of aliphatic hydroxyl groups is 1. The predicted molar refractivity (Wildman–Crippen MR) is 59.3 cm³/mol. The highest BCUT2D eigenvalue weighted by molar-refractivity contribution is 5.71. The Morgan fingerprint density at radius 1 is 1.44 bits per heavy atom. The normalized spacial score (nSPS) is 25.2. The average Bonchev–Trinajstić information content (AvgIpc) is 2.73. The first-order valence-corrected chi connectivity index (χ1v) is 5.86. The topological polar surface area (TPSA) is 70.0 Å². The Bertz CT molecular complexity index is 222. The molecule has 2 N–H and O–H groups in total. The zero-order valence-corrected chi connectivity index (χ0v) is 9.76. The van der Waals surface area contributed by atoms with Gasteiger partial charge in [-0.3, -0.25) is 9.69 Å². The number of ether oxygens (including phenoxy) is 1. The smallest absolute Gasteiger partial charge is 0.310 e. The molecule has 0 aliphatic carbocycles. The van der Waals surface area contributed by atoms with Crippen molar-refractivity contribution in [1.82, 2.24) is 4.90 Å². The molecule has 1 aliphatic rings. The fourth-order valence-electron chi connectivity index (χ4n) is 2.14. The van der Waals surface area contributed by atoms with Crippen LogP contribution in [0.4, 0.5) is 0 Å². The highest BCUT2D eigenvalue weighted by atomic mass is 16.5. The molecule has 1 fully saturated rings. The van der Waals surface area contributed by atoms with Crippen LogP contribution in [0.3, 0.4) is 0 Å². The summed E-state index contributed by atoms with van der Waals surface area (Å²) in [4.78, 5) is 13.2. The number of hydrogen-bond donors (Lipinski definition) is 2. The van der Waals surface area contributed by atoms with Gasteiger partial charge in [0.25, 0.3) is 0 Å². The van der Waals surface area contributed by atoms with E-state index in [-0.39, 0.29) is 12.6 Å². The Morgan fingerprint density at radius 2 is 2.19 bits per heavy atom. The molecule has 1 heterocycles. The third-order valence-corrected chi connectivity index (χ3v) is 2.95. The van der Waals surface area contributed by atoms with Crippen LogP contribution in [-0.4, -0.2) is 60.0 Å². The SMILES string of the molecule is CCCN(CCCO)C1COCC1C(=O)O. The lowest BCUT2D eigenvalue weighted by atomic mass is 10.0. The second kappa shape index (κ2) is 6.83. The van der Waals surface area contributed by atoms with Gasteiger partial charge in [0.1, 0.15) is 0 Å². The number of aliphatic carboxylic acids is 1. The van der Waals surface area contributed by atoms with Crippen LogP contribution in [0, 0.1) is 5.92 Å². The van der Waals surface area contributed by atoms with Gasteiger partial charge in [0.05, 0.1) is 19.1 Å². The molecule has 0 aromatic rings. The number of aliphatic hydroxyl groups excluding tert-OH is 1. The van der Waals surface area contributed by atoms with Crippen molar-refractivity contribution < 1.29 is 19.7 Å². The van der Waals surface area contributed by atoms with Gasteiger partial charge in [0, 0.05) is 19.2 Å². The van der Waals surface area contributed by atoms with E-state index in [1.807, 2.05) is 0 Å². The molecule has 94 valence electrons. The Hall–Kier alpha value is -0.650. The second-order valence-electron chi connectivity index (χ2n) is 4.16. The molecule has 2 atom stereocenters. The maximum atomic E-state index is 11.0. The summed E-state index contributed by atoms with van der Waals surface area (Å²) in [6.45, 7) is 4.60. The van der Waals surface area contributed by atoms with Gasteiger partial charge >= 0.3 is 5.97 Å². The average molecular weight is 231 g/mol. The van der Waals surface area contributed by atoms with Gasteiger partial charge in [-0.1, -0.05) is 6.92 Å². The van der Waals surface area contributed by atoms with Crippen LogP contribution >= 0.6 is 0 Å². The van der Waals surface area contributed by atoms with Gasteiger partial charge in [-0.05, 0) is 19.4 Å². The minimum absolute atomic E-state index is 0.0380. The third-order valence-electron chi connectivity index (χ3n) is 2.95. The van der Waals surface area contributed by atoms with E-state index in [4.69, 9.17) is 14.9 Å². The summed E-state index contributed by atoms with van der Waals surface area (Å²) in [6.07, 6.45) is 1.66. The van der Waals surface area contributed by atoms with Crippen LogP contribution in [-0.2, 0) is 9.53 Å². The number of hydrogen-bond acceptors (Lipinski definition) is 4. The van der Waals surface area contributed by atoms with Gasteiger partial charge in [-0.2, -0.15) is 0 Å². The van der Waals surface area contributed by atoms with Gasteiger partial charge in [0.15, 0.2) is 0 Å². The van der Waals surface area contributed by atoms with Gasteiger partial charge < -0.3 is 14.9 Å². The summed E-state index contributed by atoms with van der Waals surface area (Å²) < 4.78 is 5.25. The molecule has 1 aliphatic heterocycles. The largest absolute Gasteiger partial charge is 0.481 e. The third kappa shape index (κ3) is 3.43. The minimum atomic E-state index is -0.785. The molecule has 0 amide bonds. The predicted octanol–water partition coefficient (Wildman–Crippen LogP) is 0.180. The summed E-state index contributed by atoms with van der Waals surface area (Å²) >= 11 is 0. The van der Waals surface area contributed by atoms with Crippen molar-refractivity contribution in [2.24, 2.45) is 5.92 Å². The molecular formula is C11H21NO4. The number of rotatable bonds is 7. The first-order valence-electron chi connectivity index (χ1n) is 5.86. The molecule has 16 heavy (non-hydrogen) atoms. The van der Waals surface area contributed by atoms with E-state index in [9.17, 15) is 4.79 Å². The molecule has 0 bridgehead atoms. The lowest BCUT2D eigenvalue weighted by Gasteiger charge is -2.29. The van der Waals surface area contributed by atoms with Crippen LogP contribution in [0.1, 0.15) is 19.8 Å². The van der Waals surface area contributed by atoms with Gasteiger partial charge in [0.2, 0.25) is 0 Å².